The molecule has 5 aromatic rings. The first-order valence-electron chi connectivity index (χ1n) is 8.94. The Morgan fingerprint density at radius 1 is 1.10 bits per heavy atom. The highest BCUT2D eigenvalue weighted by molar-refractivity contribution is 9.10. The highest BCUT2D eigenvalue weighted by Gasteiger charge is 2.14. The molecule has 3 heterocycles. The van der Waals surface area contributed by atoms with Crippen LogP contribution in [0.3, 0.4) is 0 Å². The number of pyridine rings is 1. The van der Waals surface area contributed by atoms with Gasteiger partial charge in [-0.1, -0.05) is 47.7 Å². The number of halogens is 1. The highest BCUT2D eigenvalue weighted by atomic mass is 79.9. The Labute approximate surface area is 182 Å². The van der Waals surface area contributed by atoms with Crippen molar-refractivity contribution in [3.05, 3.63) is 97.3 Å². The molecule has 0 spiro atoms. The fraction of sp³-hybridized carbons (Fsp3) is 0. The minimum absolute atomic E-state index is 0.212. The summed E-state index contributed by atoms with van der Waals surface area (Å²) in [5.74, 6) is -0.0794. The Morgan fingerprint density at radius 3 is 2.70 bits per heavy atom. The number of nitrogens with zero attached hydrogens (tertiary/aromatic N) is 3. The van der Waals surface area contributed by atoms with E-state index in [0.717, 1.165) is 4.47 Å². The molecular formula is C22H12BrN3O3S. The van der Waals surface area contributed by atoms with Gasteiger partial charge >= 0.3 is 5.97 Å². The van der Waals surface area contributed by atoms with E-state index in [0.29, 0.717) is 37.5 Å². The number of thiazole rings is 1. The Kier molecular flexibility index (Phi) is 4.65. The molecule has 0 saturated carbocycles. The number of imidazole rings is 1. The van der Waals surface area contributed by atoms with Crippen LogP contribution in [0.1, 0.15) is 15.9 Å². The SMILES string of the molecule is O=C(Oc1ccccc1/C=c1\sc2nc3cc(Br)cnc3n2c1=O)c1ccccc1. The lowest BCUT2D eigenvalue weighted by Gasteiger charge is -2.07. The summed E-state index contributed by atoms with van der Waals surface area (Å²) in [7, 11) is 0. The average Bonchev–Trinajstić information content (AvgIpc) is 3.25. The minimum Gasteiger partial charge on any atom is -0.422 e. The summed E-state index contributed by atoms with van der Waals surface area (Å²) in [6.07, 6.45) is 3.34. The van der Waals surface area contributed by atoms with Gasteiger partial charge in [0.1, 0.15) is 11.3 Å². The van der Waals surface area contributed by atoms with Gasteiger partial charge in [-0.05, 0) is 46.3 Å². The highest BCUT2D eigenvalue weighted by Crippen LogP contribution is 2.21. The summed E-state index contributed by atoms with van der Waals surface area (Å²) in [6.45, 7) is 0. The van der Waals surface area contributed by atoms with Crippen molar-refractivity contribution in [3.63, 3.8) is 0 Å². The molecule has 0 atom stereocenters. The number of carbonyl (C=O) groups excluding carboxylic acids is 1. The first-order chi connectivity index (χ1) is 14.6. The summed E-state index contributed by atoms with van der Waals surface area (Å²) in [4.78, 5) is 34.8. The quantitative estimate of drug-likeness (QED) is 0.291. The second-order valence-electron chi connectivity index (χ2n) is 6.44. The Hall–Kier alpha value is -3.36. The van der Waals surface area contributed by atoms with Crippen LogP contribution in [0.4, 0.5) is 0 Å². The zero-order chi connectivity index (χ0) is 20.7. The van der Waals surface area contributed by atoms with Crippen LogP contribution in [0.25, 0.3) is 22.2 Å². The molecule has 6 nitrogen and oxygen atoms in total. The smallest absolute Gasteiger partial charge is 0.343 e. The third-order valence-corrected chi connectivity index (χ3v) is 5.87. The molecule has 0 aliphatic heterocycles. The standard InChI is InChI=1S/C22H12BrN3O3S/c23-15-11-16-19(24-12-15)26-20(27)18(30-22(26)25-16)10-14-8-4-5-9-17(14)29-21(28)13-6-2-1-3-7-13/h1-12H/b18-10-. The fourth-order valence-corrected chi connectivity index (χ4v) is 4.37. The van der Waals surface area contributed by atoms with Crippen molar-refractivity contribution in [2.45, 2.75) is 0 Å². The van der Waals surface area contributed by atoms with E-state index in [9.17, 15) is 9.59 Å². The van der Waals surface area contributed by atoms with Gasteiger partial charge in [0.25, 0.3) is 5.56 Å². The zero-order valence-electron chi connectivity index (χ0n) is 15.3. The molecule has 0 amide bonds. The molecule has 0 saturated heterocycles. The normalized spacial score (nSPS) is 12.0. The molecule has 3 aromatic heterocycles. The maximum absolute atomic E-state index is 13.0. The van der Waals surface area contributed by atoms with E-state index in [1.54, 1.807) is 54.7 Å². The number of hydrogen-bond acceptors (Lipinski definition) is 6. The van der Waals surface area contributed by atoms with Crippen molar-refractivity contribution >= 4 is 55.4 Å². The summed E-state index contributed by atoms with van der Waals surface area (Å²) in [5.41, 5.74) is 2.03. The molecule has 8 heteroatoms. The summed E-state index contributed by atoms with van der Waals surface area (Å²) >= 11 is 4.63. The molecule has 0 bridgehead atoms. The van der Waals surface area contributed by atoms with Crippen molar-refractivity contribution < 1.29 is 9.53 Å². The van der Waals surface area contributed by atoms with Crippen LogP contribution < -0.4 is 14.8 Å². The van der Waals surface area contributed by atoms with Gasteiger partial charge in [0.2, 0.25) is 0 Å². The van der Waals surface area contributed by atoms with Crippen LogP contribution in [0.5, 0.6) is 5.75 Å². The number of esters is 1. The first-order valence-corrected chi connectivity index (χ1v) is 10.6. The predicted molar refractivity (Wildman–Crippen MR) is 119 cm³/mol. The van der Waals surface area contributed by atoms with Gasteiger partial charge in [-0.25, -0.2) is 19.2 Å². The zero-order valence-corrected chi connectivity index (χ0v) is 17.7. The maximum Gasteiger partial charge on any atom is 0.343 e. The van der Waals surface area contributed by atoms with Gasteiger partial charge < -0.3 is 4.74 Å². The Balaban J connectivity index is 1.59. The molecule has 0 fully saturated rings. The van der Waals surface area contributed by atoms with Gasteiger partial charge in [-0.3, -0.25) is 4.79 Å². The van der Waals surface area contributed by atoms with Gasteiger partial charge in [-0.15, -0.1) is 0 Å². The molecular weight excluding hydrogens is 466 g/mol. The second kappa shape index (κ2) is 7.47. The van der Waals surface area contributed by atoms with Crippen LogP contribution in [-0.4, -0.2) is 20.3 Å². The largest absolute Gasteiger partial charge is 0.422 e. The van der Waals surface area contributed by atoms with Gasteiger partial charge in [0.05, 0.1) is 10.1 Å². The predicted octanol–water partition coefficient (Wildman–Crippen LogP) is 3.83. The van der Waals surface area contributed by atoms with Crippen molar-refractivity contribution in [2.75, 3.05) is 0 Å². The monoisotopic (exact) mass is 477 g/mol. The number of benzene rings is 2. The van der Waals surface area contributed by atoms with Crippen molar-refractivity contribution in [1.82, 2.24) is 14.4 Å². The van der Waals surface area contributed by atoms with E-state index in [1.807, 2.05) is 18.2 Å². The molecule has 0 aliphatic carbocycles. The first kappa shape index (κ1) is 18.7. The molecule has 146 valence electrons. The van der Waals surface area contributed by atoms with Crippen LogP contribution in [-0.2, 0) is 0 Å². The Morgan fingerprint density at radius 2 is 1.87 bits per heavy atom. The van der Waals surface area contributed by atoms with Crippen LogP contribution in [0.15, 0.2) is 76.1 Å². The number of ether oxygens (including phenoxy) is 1. The lowest BCUT2D eigenvalue weighted by Crippen LogP contribution is -2.23. The second-order valence-corrected chi connectivity index (χ2v) is 8.36. The van der Waals surface area contributed by atoms with Crippen LogP contribution in [0.2, 0.25) is 0 Å². The van der Waals surface area contributed by atoms with E-state index >= 15 is 0 Å². The van der Waals surface area contributed by atoms with E-state index in [4.69, 9.17) is 4.74 Å². The molecule has 0 aliphatic rings. The number of rotatable bonds is 3. The summed E-state index contributed by atoms with van der Waals surface area (Å²) < 4.78 is 8.35. The number of aromatic nitrogens is 3. The maximum atomic E-state index is 13.0. The van der Waals surface area contributed by atoms with Crippen molar-refractivity contribution in [2.24, 2.45) is 0 Å². The van der Waals surface area contributed by atoms with Gasteiger partial charge in [-0.2, -0.15) is 0 Å². The molecule has 5 rings (SSSR count). The number of carbonyl (C=O) groups is 1. The van der Waals surface area contributed by atoms with Gasteiger partial charge in [0.15, 0.2) is 10.6 Å². The summed E-state index contributed by atoms with van der Waals surface area (Å²) in [6, 6.07) is 17.7. The molecule has 0 N–H and O–H groups in total. The topological polar surface area (TPSA) is 73.6 Å². The molecule has 0 radical (unpaired) electrons. The van der Waals surface area contributed by atoms with E-state index in [-0.39, 0.29) is 5.56 Å². The van der Waals surface area contributed by atoms with Crippen LogP contribution in [0, 0.1) is 0 Å². The Bertz CT molecular complexity index is 1530. The van der Waals surface area contributed by atoms with E-state index in [2.05, 4.69) is 25.9 Å². The van der Waals surface area contributed by atoms with E-state index < -0.39 is 5.97 Å². The van der Waals surface area contributed by atoms with Crippen LogP contribution >= 0.6 is 27.3 Å². The average molecular weight is 478 g/mol. The molecule has 0 unspecified atom stereocenters. The van der Waals surface area contributed by atoms with Crippen molar-refractivity contribution in [1.29, 1.82) is 0 Å². The number of para-hydroxylation sites is 1. The van der Waals surface area contributed by atoms with Gasteiger partial charge in [0, 0.05) is 16.2 Å². The van der Waals surface area contributed by atoms with Crippen molar-refractivity contribution in [3.8, 4) is 5.75 Å². The molecule has 30 heavy (non-hydrogen) atoms. The number of fused-ring (bicyclic) bond motifs is 3. The summed E-state index contributed by atoms with van der Waals surface area (Å²) in [5, 5.41) is 0. The fourth-order valence-electron chi connectivity index (χ4n) is 3.08. The lowest BCUT2D eigenvalue weighted by molar-refractivity contribution is 0.0734. The third kappa shape index (κ3) is 3.30. The van der Waals surface area contributed by atoms with E-state index in [1.165, 1.54) is 15.7 Å². The third-order valence-electron chi connectivity index (χ3n) is 4.47. The lowest BCUT2D eigenvalue weighted by atomic mass is 10.2. The minimum atomic E-state index is -0.458. The molecule has 2 aromatic carbocycles. The number of hydrogen-bond donors (Lipinski definition) is 0.